The van der Waals surface area contributed by atoms with Gasteiger partial charge in [-0.05, 0) is 64.9 Å². The van der Waals surface area contributed by atoms with Crippen molar-refractivity contribution < 1.29 is 13.2 Å². The van der Waals surface area contributed by atoms with Crippen molar-refractivity contribution in [3.05, 3.63) is 27.3 Å². The Morgan fingerprint density at radius 2 is 2.00 bits per heavy atom. The second kappa shape index (κ2) is 6.35. The van der Waals surface area contributed by atoms with E-state index in [0.717, 1.165) is 12.0 Å². The minimum atomic E-state index is -4.23. The number of halogens is 5. The summed E-state index contributed by atoms with van der Waals surface area (Å²) in [6.07, 6.45) is 1.49. The van der Waals surface area contributed by atoms with Crippen molar-refractivity contribution in [3.8, 4) is 0 Å². The van der Waals surface area contributed by atoms with Crippen LogP contribution in [-0.4, -0.2) is 11.4 Å². The molecule has 1 aromatic carbocycles. The van der Waals surface area contributed by atoms with Crippen molar-refractivity contribution in [1.29, 1.82) is 0 Å². The molecule has 1 rings (SSSR count). The molecule has 0 heterocycles. The number of thioether (sulfide) groups is 1. The lowest BCUT2D eigenvalue weighted by Gasteiger charge is -2.09. The van der Waals surface area contributed by atoms with E-state index in [1.807, 2.05) is 28.7 Å². The molecule has 0 aromatic heterocycles. The molecule has 0 nitrogen and oxygen atoms in total. The van der Waals surface area contributed by atoms with Crippen molar-refractivity contribution in [1.82, 2.24) is 0 Å². The Labute approximate surface area is 115 Å². The van der Waals surface area contributed by atoms with E-state index in [2.05, 4.69) is 0 Å². The highest BCUT2D eigenvalue weighted by molar-refractivity contribution is 14.1. The first kappa shape index (κ1) is 14.4. The first-order valence-electron chi connectivity index (χ1n) is 4.52. The summed E-state index contributed by atoms with van der Waals surface area (Å²) in [6.45, 7) is 0. The van der Waals surface area contributed by atoms with Gasteiger partial charge < -0.3 is 0 Å². The van der Waals surface area contributed by atoms with Crippen LogP contribution in [0.4, 0.5) is 13.2 Å². The van der Waals surface area contributed by atoms with Gasteiger partial charge in [0.15, 0.2) is 0 Å². The van der Waals surface area contributed by atoms with Crippen molar-refractivity contribution in [2.24, 2.45) is 0 Å². The van der Waals surface area contributed by atoms with Crippen LogP contribution in [0.1, 0.15) is 12.0 Å². The molecule has 0 radical (unpaired) electrons. The average Bonchev–Trinajstić information content (AvgIpc) is 2.17. The maximum atomic E-state index is 12.2. The Hall–Kier alpha value is 0.380. The maximum absolute atomic E-state index is 12.2. The summed E-state index contributed by atoms with van der Waals surface area (Å²) in [7, 11) is 0. The van der Waals surface area contributed by atoms with Crippen molar-refractivity contribution >= 4 is 46.0 Å². The lowest BCUT2D eigenvalue weighted by Crippen LogP contribution is -2.00. The Balaban J connectivity index is 2.82. The third-order valence-corrected chi connectivity index (χ3v) is 4.18. The summed E-state index contributed by atoms with van der Waals surface area (Å²) in [4.78, 5) is 0.264. The molecular formula is C10H9ClF3IS. The van der Waals surface area contributed by atoms with Gasteiger partial charge in [0, 0.05) is 14.3 Å². The molecule has 0 spiro atoms. The van der Waals surface area contributed by atoms with E-state index in [1.54, 1.807) is 12.1 Å². The topological polar surface area (TPSA) is 0 Å². The molecule has 0 saturated carbocycles. The van der Waals surface area contributed by atoms with E-state index < -0.39 is 5.51 Å². The number of hydrogen-bond acceptors (Lipinski definition) is 1. The first-order valence-corrected chi connectivity index (χ1v) is 6.95. The van der Waals surface area contributed by atoms with Crippen LogP contribution < -0.4 is 0 Å². The summed E-state index contributed by atoms with van der Waals surface area (Å²) in [5.74, 6) is 0.522. The SMILES string of the molecule is FC(F)(F)Sc1cc(CCCCl)ccc1I. The van der Waals surface area contributed by atoms with E-state index in [4.69, 9.17) is 11.6 Å². The van der Waals surface area contributed by atoms with E-state index >= 15 is 0 Å². The van der Waals surface area contributed by atoms with Gasteiger partial charge in [0.1, 0.15) is 0 Å². The Morgan fingerprint density at radius 1 is 1.31 bits per heavy atom. The van der Waals surface area contributed by atoms with E-state index in [-0.39, 0.29) is 16.7 Å². The van der Waals surface area contributed by atoms with E-state index in [0.29, 0.717) is 15.9 Å². The summed E-state index contributed by atoms with van der Waals surface area (Å²) in [5, 5.41) is 0. The smallest absolute Gasteiger partial charge is 0.160 e. The van der Waals surface area contributed by atoms with Crippen LogP contribution in [0.15, 0.2) is 23.1 Å². The van der Waals surface area contributed by atoms with Crippen LogP contribution in [-0.2, 0) is 6.42 Å². The third kappa shape index (κ3) is 5.14. The molecule has 16 heavy (non-hydrogen) atoms. The van der Waals surface area contributed by atoms with E-state index in [1.165, 1.54) is 0 Å². The molecule has 0 aliphatic heterocycles. The molecule has 0 bridgehead atoms. The van der Waals surface area contributed by atoms with Crippen LogP contribution >= 0.6 is 46.0 Å². The normalized spacial score (nSPS) is 11.8. The van der Waals surface area contributed by atoms with Crippen LogP contribution in [0.2, 0.25) is 0 Å². The van der Waals surface area contributed by atoms with Crippen LogP contribution in [0.25, 0.3) is 0 Å². The molecule has 0 aliphatic carbocycles. The monoisotopic (exact) mass is 380 g/mol. The number of aryl methyl sites for hydroxylation is 1. The molecular weight excluding hydrogens is 372 g/mol. The number of alkyl halides is 4. The zero-order valence-corrected chi connectivity index (χ0v) is 11.9. The zero-order valence-electron chi connectivity index (χ0n) is 8.15. The summed E-state index contributed by atoms with van der Waals surface area (Å²) < 4.78 is 37.4. The van der Waals surface area contributed by atoms with Crippen molar-refractivity contribution in [2.75, 3.05) is 5.88 Å². The lowest BCUT2D eigenvalue weighted by atomic mass is 10.1. The fourth-order valence-corrected chi connectivity index (χ4v) is 2.60. The fraction of sp³-hybridized carbons (Fsp3) is 0.400. The fourth-order valence-electron chi connectivity index (χ4n) is 1.18. The molecule has 0 saturated heterocycles. The highest BCUT2D eigenvalue weighted by Gasteiger charge is 2.30. The summed E-state index contributed by atoms with van der Waals surface area (Å²) in [5.41, 5.74) is -3.33. The van der Waals surface area contributed by atoms with Gasteiger partial charge >= 0.3 is 5.51 Å². The zero-order chi connectivity index (χ0) is 12.2. The largest absolute Gasteiger partial charge is 0.446 e. The first-order chi connectivity index (χ1) is 7.42. The molecule has 0 atom stereocenters. The number of hydrogen-bond donors (Lipinski definition) is 0. The Kier molecular flexibility index (Phi) is 5.73. The molecule has 0 N–H and O–H groups in total. The van der Waals surface area contributed by atoms with Gasteiger partial charge in [0.25, 0.3) is 0 Å². The molecule has 0 fully saturated rings. The van der Waals surface area contributed by atoms with Gasteiger partial charge in [-0.2, -0.15) is 13.2 Å². The predicted molar refractivity (Wildman–Crippen MR) is 70.1 cm³/mol. The minimum Gasteiger partial charge on any atom is -0.160 e. The van der Waals surface area contributed by atoms with Gasteiger partial charge in [-0.15, -0.1) is 11.6 Å². The highest BCUT2D eigenvalue weighted by atomic mass is 127. The van der Waals surface area contributed by atoms with E-state index in [9.17, 15) is 13.2 Å². The van der Waals surface area contributed by atoms with Gasteiger partial charge in [-0.3, -0.25) is 0 Å². The summed E-state index contributed by atoms with van der Waals surface area (Å²) in [6, 6.07) is 5.14. The molecule has 0 unspecified atom stereocenters. The number of rotatable bonds is 4. The average molecular weight is 381 g/mol. The molecule has 1 aromatic rings. The van der Waals surface area contributed by atoms with Gasteiger partial charge in [0.05, 0.1) is 0 Å². The van der Waals surface area contributed by atoms with Gasteiger partial charge in [-0.25, -0.2) is 0 Å². The van der Waals surface area contributed by atoms with Crippen molar-refractivity contribution in [2.45, 2.75) is 23.2 Å². The predicted octanol–water partition coefficient (Wildman–Crippen LogP) is 5.07. The quantitative estimate of drug-likeness (QED) is 0.399. The molecule has 6 heteroatoms. The second-order valence-corrected chi connectivity index (χ2v) is 5.75. The standard InChI is InChI=1S/C10H9ClF3IS/c11-5-1-2-7-3-4-8(15)9(6-7)16-10(12,13)14/h3-4,6H,1-2,5H2. The second-order valence-electron chi connectivity index (χ2n) is 3.11. The third-order valence-electron chi connectivity index (χ3n) is 1.82. The highest BCUT2D eigenvalue weighted by Crippen LogP contribution is 2.39. The van der Waals surface area contributed by atoms with Crippen LogP contribution in [0.5, 0.6) is 0 Å². The summed E-state index contributed by atoms with van der Waals surface area (Å²) >= 11 is 7.38. The lowest BCUT2D eigenvalue weighted by molar-refractivity contribution is -0.0328. The van der Waals surface area contributed by atoms with Gasteiger partial charge in [-0.1, -0.05) is 6.07 Å². The Bertz CT molecular complexity index is 354. The molecule has 90 valence electrons. The number of benzene rings is 1. The van der Waals surface area contributed by atoms with Crippen molar-refractivity contribution in [3.63, 3.8) is 0 Å². The van der Waals surface area contributed by atoms with Gasteiger partial charge in [0.2, 0.25) is 0 Å². The Morgan fingerprint density at radius 3 is 2.56 bits per heavy atom. The molecule has 0 amide bonds. The molecule has 0 aliphatic rings. The van der Waals surface area contributed by atoms with Crippen LogP contribution in [0, 0.1) is 3.57 Å². The maximum Gasteiger partial charge on any atom is 0.446 e. The van der Waals surface area contributed by atoms with Crippen LogP contribution in [0.3, 0.4) is 0 Å². The minimum absolute atomic E-state index is 0.0655.